The normalized spacial score (nSPS) is 30.1. The highest BCUT2D eigenvalue weighted by molar-refractivity contribution is 9.09. The summed E-state index contributed by atoms with van der Waals surface area (Å²) < 4.78 is 0. The van der Waals surface area contributed by atoms with E-state index in [1.54, 1.807) is 11.3 Å². The molecule has 3 atom stereocenters. The van der Waals surface area contributed by atoms with E-state index >= 15 is 0 Å². The molecule has 1 N–H and O–H groups in total. The number of amides is 1. The molecule has 0 bridgehead atoms. The van der Waals surface area contributed by atoms with Crippen LogP contribution >= 0.6 is 27.3 Å². The van der Waals surface area contributed by atoms with Gasteiger partial charge in [0.25, 0.3) is 0 Å². The first-order valence-corrected chi connectivity index (χ1v) is 9.01. The predicted molar refractivity (Wildman–Crippen MR) is 83.1 cm³/mol. The van der Waals surface area contributed by atoms with Crippen molar-refractivity contribution in [3.8, 4) is 0 Å². The molecule has 1 aromatic rings. The lowest BCUT2D eigenvalue weighted by molar-refractivity contribution is -0.123. The lowest BCUT2D eigenvalue weighted by atomic mass is 9.87. The Morgan fingerprint density at radius 1 is 1.42 bits per heavy atom. The number of aryl methyl sites for hydroxylation is 1. The Balaban J connectivity index is 1.57. The van der Waals surface area contributed by atoms with E-state index < -0.39 is 0 Å². The second-order valence-electron chi connectivity index (χ2n) is 5.77. The fourth-order valence-corrected chi connectivity index (χ4v) is 5.11. The third-order valence-corrected chi connectivity index (χ3v) is 6.24. The molecule has 104 valence electrons. The Bertz CT molecular complexity index is 459. The maximum Gasteiger partial charge on any atom is 0.227 e. The molecule has 2 aliphatic rings. The molecule has 19 heavy (non-hydrogen) atoms. The second-order valence-corrected chi connectivity index (χ2v) is 8.06. The van der Waals surface area contributed by atoms with Crippen molar-refractivity contribution >= 4 is 33.2 Å². The number of alkyl halides is 1. The van der Waals surface area contributed by atoms with Crippen molar-refractivity contribution < 1.29 is 4.79 Å². The maximum atomic E-state index is 12.4. The van der Waals surface area contributed by atoms with Gasteiger partial charge < -0.3 is 5.32 Å². The van der Waals surface area contributed by atoms with Crippen LogP contribution in [0.5, 0.6) is 0 Å². The van der Waals surface area contributed by atoms with Gasteiger partial charge in [-0.2, -0.15) is 0 Å². The number of rotatable bonds is 3. The molecule has 0 aromatic carbocycles. The molecule has 1 amide bonds. The standard InChI is InChI=1S/C15H20BrNOS/c16-11-5-4-10(8-11)9-17-15(18)13-2-1-3-14-12(13)6-7-19-14/h6-7,10-11,13H,1-5,8-9H2,(H,17,18). The minimum atomic E-state index is 0.108. The average molecular weight is 342 g/mol. The van der Waals surface area contributed by atoms with Crippen molar-refractivity contribution in [2.75, 3.05) is 6.54 Å². The Labute approximate surface area is 127 Å². The monoisotopic (exact) mass is 341 g/mol. The van der Waals surface area contributed by atoms with E-state index in [2.05, 4.69) is 32.7 Å². The molecule has 3 unspecified atom stereocenters. The Hall–Kier alpha value is -0.350. The van der Waals surface area contributed by atoms with E-state index in [1.807, 2.05) is 0 Å². The lowest BCUT2D eigenvalue weighted by Crippen LogP contribution is -2.34. The molecule has 2 aliphatic carbocycles. The van der Waals surface area contributed by atoms with E-state index in [4.69, 9.17) is 0 Å². The minimum Gasteiger partial charge on any atom is -0.355 e. The molecule has 1 fully saturated rings. The zero-order valence-corrected chi connectivity index (χ0v) is 13.4. The summed E-state index contributed by atoms with van der Waals surface area (Å²) in [7, 11) is 0. The molecule has 0 saturated heterocycles. The van der Waals surface area contributed by atoms with Crippen LogP contribution in [0.15, 0.2) is 11.4 Å². The molecular weight excluding hydrogens is 322 g/mol. The largest absolute Gasteiger partial charge is 0.355 e. The molecule has 2 nitrogen and oxygen atoms in total. The summed E-state index contributed by atoms with van der Waals surface area (Å²) in [5.74, 6) is 1.02. The number of nitrogens with one attached hydrogen (secondary N) is 1. The number of thiophene rings is 1. The third-order valence-electron chi connectivity index (χ3n) is 4.41. The Morgan fingerprint density at radius 3 is 3.11 bits per heavy atom. The number of carbonyl (C=O) groups is 1. The van der Waals surface area contributed by atoms with Crippen molar-refractivity contribution in [2.24, 2.45) is 5.92 Å². The van der Waals surface area contributed by atoms with Gasteiger partial charge in [-0.1, -0.05) is 15.9 Å². The Kier molecular flexibility index (Phi) is 4.27. The maximum absolute atomic E-state index is 12.4. The van der Waals surface area contributed by atoms with Crippen molar-refractivity contribution in [1.29, 1.82) is 0 Å². The molecular formula is C15H20BrNOS. The quantitative estimate of drug-likeness (QED) is 0.831. The van der Waals surface area contributed by atoms with Crippen LogP contribution in [0.3, 0.4) is 0 Å². The summed E-state index contributed by atoms with van der Waals surface area (Å²) in [5.41, 5.74) is 1.29. The summed E-state index contributed by atoms with van der Waals surface area (Å²) in [6, 6.07) is 2.15. The van der Waals surface area contributed by atoms with E-state index in [1.165, 1.54) is 29.7 Å². The van der Waals surface area contributed by atoms with Crippen LogP contribution in [0.25, 0.3) is 0 Å². The van der Waals surface area contributed by atoms with Crippen LogP contribution in [-0.2, 0) is 11.2 Å². The van der Waals surface area contributed by atoms with E-state index in [0.29, 0.717) is 10.7 Å². The number of hydrogen-bond acceptors (Lipinski definition) is 2. The van der Waals surface area contributed by atoms with Crippen molar-refractivity contribution in [2.45, 2.75) is 49.3 Å². The van der Waals surface area contributed by atoms with Crippen LogP contribution < -0.4 is 5.32 Å². The van der Waals surface area contributed by atoms with Crippen molar-refractivity contribution in [3.63, 3.8) is 0 Å². The zero-order valence-electron chi connectivity index (χ0n) is 11.0. The first kappa shape index (κ1) is 13.6. The van der Waals surface area contributed by atoms with Gasteiger partial charge in [-0.25, -0.2) is 0 Å². The lowest BCUT2D eigenvalue weighted by Gasteiger charge is -2.22. The molecule has 1 heterocycles. The van der Waals surface area contributed by atoms with E-state index in [-0.39, 0.29) is 11.8 Å². The summed E-state index contributed by atoms with van der Waals surface area (Å²) in [6.45, 7) is 0.858. The van der Waals surface area contributed by atoms with Crippen molar-refractivity contribution in [3.05, 3.63) is 21.9 Å². The number of hydrogen-bond donors (Lipinski definition) is 1. The van der Waals surface area contributed by atoms with Gasteiger partial charge in [0, 0.05) is 16.2 Å². The summed E-state index contributed by atoms with van der Waals surface area (Å²) in [5, 5.41) is 5.32. The SMILES string of the molecule is O=C(NCC1CCC(Br)C1)C1CCCc2sccc21. The van der Waals surface area contributed by atoms with E-state index in [0.717, 1.165) is 25.8 Å². The zero-order chi connectivity index (χ0) is 13.2. The Morgan fingerprint density at radius 2 is 2.32 bits per heavy atom. The molecule has 0 spiro atoms. The summed E-state index contributed by atoms with van der Waals surface area (Å²) >= 11 is 5.47. The van der Waals surface area contributed by atoms with Crippen LogP contribution in [0, 0.1) is 5.92 Å². The molecule has 3 rings (SSSR count). The fraction of sp³-hybridized carbons (Fsp3) is 0.667. The first-order chi connectivity index (χ1) is 9.24. The summed E-state index contributed by atoms with van der Waals surface area (Å²) in [6.07, 6.45) is 7.02. The summed E-state index contributed by atoms with van der Waals surface area (Å²) in [4.78, 5) is 14.5. The van der Waals surface area contributed by atoms with Gasteiger partial charge >= 0.3 is 0 Å². The van der Waals surface area contributed by atoms with Gasteiger partial charge in [0.05, 0.1) is 5.92 Å². The average Bonchev–Trinajstić information content (AvgIpc) is 3.03. The highest BCUT2D eigenvalue weighted by atomic mass is 79.9. The fourth-order valence-electron chi connectivity index (χ4n) is 3.33. The predicted octanol–water partition coefficient (Wildman–Crippen LogP) is 3.85. The highest BCUT2D eigenvalue weighted by Crippen LogP contribution is 2.35. The van der Waals surface area contributed by atoms with Crippen LogP contribution in [0.1, 0.15) is 48.5 Å². The molecule has 4 heteroatoms. The van der Waals surface area contributed by atoms with Gasteiger partial charge in [0.15, 0.2) is 0 Å². The molecule has 0 radical (unpaired) electrons. The van der Waals surface area contributed by atoms with Crippen LogP contribution in [0.2, 0.25) is 0 Å². The van der Waals surface area contributed by atoms with Gasteiger partial charge in [-0.05, 0) is 61.5 Å². The number of carbonyl (C=O) groups excluding carboxylic acids is 1. The molecule has 0 aliphatic heterocycles. The smallest absolute Gasteiger partial charge is 0.227 e. The molecule has 1 aromatic heterocycles. The van der Waals surface area contributed by atoms with Crippen LogP contribution in [-0.4, -0.2) is 17.3 Å². The van der Waals surface area contributed by atoms with Gasteiger partial charge in [-0.15, -0.1) is 11.3 Å². The third kappa shape index (κ3) is 3.05. The van der Waals surface area contributed by atoms with Crippen LogP contribution in [0.4, 0.5) is 0 Å². The molecule has 1 saturated carbocycles. The minimum absolute atomic E-state index is 0.108. The van der Waals surface area contributed by atoms with Gasteiger partial charge in [-0.3, -0.25) is 4.79 Å². The van der Waals surface area contributed by atoms with Gasteiger partial charge in [0.1, 0.15) is 0 Å². The second kappa shape index (κ2) is 5.96. The first-order valence-electron chi connectivity index (χ1n) is 7.22. The number of fused-ring (bicyclic) bond motifs is 1. The highest BCUT2D eigenvalue weighted by Gasteiger charge is 2.28. The van der Waals surface area contributed by atoms with Crippen molar-refractivity contribution in [1.82, 2.24) is 5.32 Å². The topological polar surface area (TPSA) is 29.1 Å². The van der Waals surface area contributed by atoms with E-state index in [9.17, 15) is 4.79 Å². The number of halogens is 1. The van der Waals surface area contributed by atoms with Gasteiger partial charge in [0.2, 0.25) is 5.91 Å².